The molecule has 0 aliphatic rings. The van der Waals surface area contributed by atoms with Gasteiger partial charge in [-0.1, -0.05) is 13.8 Å². The summed E-state index contributed by atoms with van der Waals surface area (Å²) in [6.45, 7) is 7.16. The van der Waals surface area contributed by atoms with Crippen LogP contribution in [0.3, 0.4) is 0 Å². The summed E-state index contributed by atoms with van der Waals surface area (Å²) >= 11 is 0. The van der Waals surface area contributed by atoms with Crippen molar-refractivity contribution in [3.05, 3.63) is 0 Å². The minimum absolute atomic E-state index is 0.00285. The topological polar surface area (TPSA) is 80.5 Å². The molecule has 0 aromatic rings. The summed E-state index contributed by atoms with van der Waals surface area (Å²) in [6, 6.07) is -0.359. The third kappa shape index (κ3) is 4.49. The number of nitrogens with zero attached hydrogens (tertiary/aromatic N) is 1. The van der Waals surface area contributed by atoms with Crippen LogP contribution < -0.4 is 5.73 Å². The molecule has 6 heteroatoms. The third-order valence-electron chi connectivity index (χ3n) is 1.92. The number of hydrogen-bond donors (Lipinski definition) is 1. The van der Waals surface area contributed by atoms with Crippen molar-refractivity contribution in [1.29, 1.82) is 0 Å². The van der Waals surface area contributed by atoms with Gasteiger partial charge in [-0.15, -0.1) is 0 Å². The van der Waals surface area contributed by atoms with Gasteiger partial charge in [0.2, 0.25) is 15.9 Å². The Morgan fingerprint density at radius 1 is 1.25 bits per heavy atom. The van der Waals surface area contributed by atoms with Gasteiger partial charge in [-0.25, -0.2) is 12.7 Å². The molecule has 0 spiro atoms. The van der Waals surface area contributed by atoms with Crippen LogP contribution in [0.1, 0.15) is 34.1 Å². The van der Waals surface area contributed by atoms with Crippen LogP contribution in [0.2, 0.25) is 0 Å². The fourth-order valence-electron chi connectivity index (χ4n) is 1.50. The van der Waals surface area contributed by atoms with E-state index in [4.69, 9.17) is 5.73 Å². The van der Waals surface area contributed by atoms with E-state index >= 15 is 0 Å². The number of carbonyl (C=O) groups is 1. The van der Waals surface area contributed by atoms with Crippen molar-refractivity contribution >= 4 is 15.9 Å². The molecular weight excluding hydrogens is 228 g/mol. The normalized spacial score (nSPS) is 12.2. The first-order valence-electron chi connectivity index (χ1n) is 5.47. The number of sulfonamides is 1. The predicted octanol–water partition coefficient (Wildman–Crippen LogP) is 0.558. The summed E-state index contributed by atoms with van der Waals surface area (Å²) in [5.74, 6) is -0.434. The molecule has 5 nitrogen and oxygen atoms in total. The summed E-state index contributed by atoms with van der Waals surface area (Å²) in [5.41, 5.74) is 5.27. The highest BCUT2D eigenvalue weighted by molar-refractivity contribution is 7.89. The summed E-state index contributed by atoms with van der Waals surface area (Å²) in [7, 11) is -3.51. The van der Waals surface area contributed by atoms with Crippen molar-refractivity contribution in [1.82, 2.24) is 4.31 Å². The van der Waals surface area contributed by atoms with E-state index < -0.39 is 15.9 Å². The van der Waals surface area contributed by atoms with Gasteiger partial charge in [-0.2, -0.15) is 0 Å². The van der Waals surface area contributed by atoms with Crippen molar-refractivity contribution in [3.63, 3.8) is 0 Å². The van der Waals surface area contributed by atoms with Crippen LogP contribution in [-0.2, 0) is 14.8 Å². The Morgan fingerprint density at radius 3 is 2.06 bits per heavy atom. The molecule has 0 aromatic carbocycles. The zero-order valence-corrected chi connectivity index (χ0v) is 11.3. The predicted molar refractivity (Wildman–Crippen MR) is 64.3 cm³/mol. The van der Waals surface area contributed by atoms with E-state index in [1.54, 1.807) is 13.8 Å². The Hall–Kier alpha value is -0.620. The minimum atomic E-state index is -3.51. The Kier molecular flexibility index (Phi) is 5.96. The molecule has 1 amide bonds. The van der Waals surface area contributed by atoms with E-state index in [-0.39, 0.29) is 30.7 Å². The highest BCUT2D eigenvalue weighted by atomic mass is 32.2. The van der Waals surface area contributed by atoms with Crippen LogP contribution in [0.5, 0.6) is 0 Å². The van der Waals surface area contributed by atoms with Crippen LogP contribution >= 0.6 is 0 Å². The van der Waals surface area contributed by atoms with Gasteiger partial charge >= 0.3 is 0 Å². The second-order valence-corrected chi connectivity index (χ2v) is 6.38. The van der Waals surface area contributed by atoms with Gasteiger partial charge in [0, 0.05) is 19.0 Å². The maximum atomic E-state index is 12.0. The van der Waals surface area contributed by atoms with E-state index in [1.807, 2.05) is 13.8 Å². The van der Waals surface area contributed by atoms with Crippen LogP contribution in [-0.4, -0.2) is 37.0 Å². The SMILES string of the molecule is CC(C)CS(=O)(=O)N(C(=O)CCN)C(C)C. The van der Waals surface area contributed by atoms with E-state index in [1.165, 1.54) is 0 Å². The molecular formula is C10H22N2O3S. The van der Waals surface area contributed by atoms with Crippen molar-refractivity contribution in [2.24, 2.45) is 11.7 Å². The zero-order chi connectivity index (χ0) is 12.9. The number of carbonyl (C=O) groups excluding carboxylic acids is 1. The van der Waals surface area contributed by atoms with Crippen molar-refractivity contribution in [3.8, 4) is 0 Å². The summed E-state index contributed by atoms with van der Waals surface area (Å²) in [5, 5.41) is 0. The number of amides is 1. The Morgan fingerprint density at radius 2 is 1.75 bits per heavy atom. The molecule has 0 heterocycles. The molecule has 0 atom stereocenters. The molecule has 16 heavy (non-hydrogen) atoms. The number of nitrogens with two attached hydrogens (primary N) is 1. The van der Waals surface area contributed by atoms with E-state index in [0.717, 1.165) is 4.31 Å². The quantitative estimate of drug-likeness (QED) is 0.747. The molecule has 0 aliphatic heterocycles. The monoisotopic (exact) mass is 250 g/mol. The first kappa shape index (κ1) is 15.4. The van der Waals surface area contributed by atoms with Crippen LogP contribution in [0.15, 0.2) is 0 Å². The largest absolute Gasteiger partial charge is 0.330 e. The first-order chi connectivity index (χ1) is 7.22. The molecule has 0 unspecified atom stereocenters. The van der Waals surface area contributed by atoms with Crippen LogP contribution in [0.25, 0.3) is 0 Å². The minimum Gasteiger partial charge on any atom is -0.330 e. The van der Waals surface area contributed by atoms with Gasteiger partial charge in [0.15, 0.2) is 0 Å². The summed E-state index contributed by atoms with van der Waals surface area (Å²) in [4.78, 5) is 11.7. The lowest BCUT2D eigenvalue weighted by Gasteiger charge is -2.26. The number of rotatable bonds is 6. The molecule has 0 saturated heterocycles. The van der Waals surface area contributed by atoms with Gasteiger partial charge < -0.3 is 5.73 Å². The highest BCUT2D eigenvalue weighted by Gasteiger charge is 2.29. The molecule has 0 radical (unpaired) electrons. The Labute approximate surface area is 98.0 Å². The fraction of sp³-hybridized carbons (Fsp3) is 0.900. The van der Waals surface area contributed by atoms with Gasteiger partial charge in [0.05, 0.1) is 5.75 Å². The highest BCUT2D eigenvalue weighted by Crippen LogP contribution is 2.12. The summed E-state index contributed by atoms with van der Waals surface area (Å²) < 4.78 is 24.9. The van der Waals surface area contributed by atoms with Gasteiger partial charge in [0.1, 0.15) is 0 Å². The first-order valence-corrected chi connectivity index (χ1v) is 7.08. The van der Waals surface area contributed by atoms with E-state index in [2.05, 4.69) is 0 Å². The Balaban J connectivity index is 4.99. The molecule has 96 valence electrons. The van der Waals surface area contributed by atoms with Crippen molar-refractivity contribution in [2.45, 2.75) is 40.2 Å². The fourth-order valence-corrected chi connectivity index (χ4v) is 3.55. The maximum absolute atomic E-state index is 12.0. The Bertz CT molecular complexity index is 323. The second kappa shape index (κ2) is 6.20. The van der Waals surface area contributed by atoms with Gasteiger partial charge in [-0.05, 0) is 19.8 Å². The average molecular weight is 250 g/mol. The maximum Gasteiger partial charge on any atom is 0.237 e. The lowest BCUT2D eigenvalue weighted by Crippen LogP contribution is -2.44. The number of hydrogen-bond acceptors (Lipinski definition) is 4. The standard InChI is InChI=1S/C10H22N2O3S/c1-8(2)7-16(14,15)12(9(3)4)10(13)5-6-11/h8-9H,5-7,11H2,1-4H3. The van der Waals surface area contributed by atoms with Gasteiger partial charge in [-0.3, -0.25) is 4.79 Å². The van der Waals surface area contributed by atoms with E-state index in [0.29, 0.717) is 0 Å². The van der Waals surface area contributed by atoms with Gasteiger partial charge in [0.25, 0.3) is 0 Å². The van der Waals surface area contributed by atoms with Crippen LogP contribution in [0.4, 0.5) is 0 Å². The van der Waals surface area contributed by atoms with Crippen LogP contribution in [0, 0.1) is 5.92 Å². The molecule has 0 saturated carbocycles. The smallest absolute Gasteiger partial charge is 0.237 e. The molecule has 0 rings (SSSR count). The molecule has 0 fully saturated rings. The molecule has 0 aromatic heterocycles. The second-order valence-electron chi connectivity index (χ2n) is 4.49. The third-order valence-corrected chi connectivity index (χ3v) is 4.23. The lowest BCUT2D eigenvalue weighted by molar-refractivity contribution is -0.127. The average Bonchev–Trinajstić information content (AvgIpc) is 1.99. The van der Waals surface area contributed by atoms with Crippen molar-refractivity contribution < 1.29 is 13.2 Å². The lowest BCUT2D eigenvalue weighted by atomic mass is 10.3. The molecule has 0 aliphatic carbocycles. The molecule has 0 bridgehead atoms. The van der Waals surface area contributed by atoms with Crippen molar-refractivity contribution in [2.75, 3.05) is 12.3 Å². The summed E-state index contributed by atoms with van der Waals surface area (Å²) in [6.07, 6.45) is 0.0650. The zero-order valence-electron chi connectivity index (χ0n) is 10.4. The molecule has 2 N–H and O–H groups in total. The van der Waals surface area contributed by atoms with E-state index in [9.17, 15) is 13.2 Å².